The van der Waals surface area contributed by atoms with Crippen LogP contribution in [0.2, 0.25) is 0 Å². The van der Waals surface area contributed by atoms with Gasteiger partial charge >= 0.3 is 0 Å². The van der Waals surface area contributed by atoms with E-state index in [0.717, 1.165) is 72.3 Å². The summed E-state index contributed by atoms with van der Waals surface area (Å²) in [5, 5.41) is 4.48. The lowest BCUT2D eigenvalue weighted by molar-refractivity contribution is 0.174. The predicted octanol–water partition coefficient (Wildman–Crippen LogP) is 4.59. The van der Waals surface area contributed by atoms with Crippen LogP contribution in [0.15, 0.2) is 36.7 Å². The van der Waals surface area contributed by atoms with Crippen LogP contribution < -0.4 is 24.4 Å². The highest BCUT2D eigenvalue weighted by Crippen LogP contribution is 2.42. The van der Waals surface area contributed by atoms with Gasteiger partial charge in [0.05, 0.1) is 22.3 Å². The molecule has 3 aliphatic rings. The van der Waals surface area contributed by atoms with Crippen molar-refractivity contribution in [3.8, 4) is 17.2 Å². The molecule has 0 unspecified atom stereocenters. The van der Waals surface area contributed by atoms with Crippen molar-refractivity contribution in [2.24, 2.45) is 0 Å². The summed E-state index contributed by atoms with van der Waals surface area (Å²) < 4.78 is 17.5. The molecule has 2 saturated heterocycles. The monoisotopic (exact) mass is 584 g/mol. The van der Waals surface area contributed by atoms with E-state index in [1.165, 1.54) is 25.9 Å². The Bertz CT molecular complexity index is 1210. The van der Waals surface area contributed by atoms with E-state index in [-0.39, 0.29) is 44.0 Å². The third-order valence-electron chi connectivity index (χ3n) is 7.06. The lowest BCUT2D eigenvalue weighted by Gasteiger charge is -2.35. The van der Waals surface area contributed by atoms with Gasteiger partial charge in [0.25, 0.3) is 0 Å². The molecule has 0 radical (unpaired) electrons. The van der Waals surface area contributed by atoms with E-state index in [2.05, 4.69) is 43.1 Å². The van der Waals surface area contributed by atoms with Crippen molar-refractivity contribution in [3.63, 3.8) is 0 Å². The van der Waals surface area contributed by atoms with E-state index in [1.807, 2.05) is 24.3 Å². The fraction of sp³-hybridized carbons (Fsp3) is 0.462. The van der Waals surface area contributed by atoms with E-state index in [0.29, 0.717) is 12.4 Å². The first kappa shape index (κ1) is 30.1. The average molecular weight is 586 g/mol. The number of hydrogen-bond donors (Lipinski definition) is 1. The van der Waals surface area contributed by atoms with Gasteiger partial charge in [0.15, 0.2) is 11.5 Å². The lowest BCUT2D eigenvalue weighted by Crippen LogP contribution is -2.44. The third kappa shape index (κ3) is 6.40. The second-order valence-corrected chi connectivity index (χ2v) is 9.41. The van der Waals surface area contributed by atoms with E-state index in [9.17, 15) is 0 Å². The molecule has 2 aromatic carbocycles. The maximum atomic E-state index is 6.25. The summed E-state index contributed by atoms with van der Waals surface area (Å²) >= 11 is 0. The third-order valence-corrected chi connectivity index (χ3v) is 7.06. The number of hydrogen-bond acceptors (Lipinski definition) is 9. The quantitative estimate of drug-likeness (QED) is 0.428. The summed E-state index contributed by atoms with van der Waals surface area (Å²) in [6.07, 6.45) is 4.18. The van der Waals surface area contributed by atoms with Crippen molar-refractivity contribution in [3.05, 3.63) is 36.7 Å². The molecule has 208 valence electrons. The number of aromatic nitrogens is 2. The molecule has 0 spiro atoms. The van der Waals surface area contributed by atoms with Crippen LogP contribution >= 0.6 is 37.2 Å². The zero-order valence-corrected chi connectivity index (χ0v) is 23.9. The van der Waals surface area contributed by atoms with Gasteiger partial charge in [-0.2, -0.15) is 0 Å². The highest BCUT2D eigenvalue weighted by Gasteiger charge is 2.23. The minimum atomic E-state index is 0. The minimum Gasteiger partial charge on any atom is -0.492 e. The van der Waals surface area contributed by atoms with Gasteiger partial charge in [-0.15, -0.1) is 37.2 Å². The first-order valence-corrected chi connectivity index (χ1v) is 12.5. The summed E-state index contributed by atoms with van der Waals surface area (Å²) in [6.45, 7) is 8.11. The normalized spacial score (nSPS) is 16.9. The topological polar surface area (TPSA) is 75.2 Å². The molecule has 38 heavy (non-hydrogen) atoms. The van der Waals surface area contributed by atoms with Crippen LogP contribution in [-0.4, -0.2) is 86.0 Å². The smallest absolute Gasteiger partial charge is 0.231 e. The summed E-state index contributed by atoms with van der Waals surface area (Å²) in [6, 6.07) is 10.0. The minimum absolute atomic E-state index is 0. The van der Waals surface area contributed by atoms with Crippen molar-refractivity contribution < 1.29 is 14.2 Å². The number of rotatable bonds is 7. The molecule has 3 aromatic rings. The largest absolute Gasteiger partial charge is 0.492 e. The number of likely N-dealkylation sites (tertiary alicyclic amines) is 1. The first-order valence-electron chi connectivity index (χ1n) is 12.5. The van der Waals surface area contributed by atoms with E-state index >= 15 is 0 Å². The van der Waals surface area contributed by atoms with Crippen LogP contribution in [-0.2, 0) is 0 Å². The van der Waals surface area contributed by atoms with Crippen LogP contribution in [0.3, 0.4) is 0 Å². The molecule has 6 rings (SSSR count). The predicted molar refractivity (Wildman–Crippen MR) is 158 cm³/mol. The number of nitrogens with zero attached hydrogens (tertiary/aromatic N) is 5. The first-order chi connectivity index (χ1) is 17.2. The summed E-state index contributed by atoms with van der Waals surface area (Å²) in [5.74, 6) is 3.05. The van der Waals surface area contributed by atoms with Gasteiger partial charge < -0.3 is 29.3 Å². The molecule has 9 nitrogen and oxygen atoms in total. The molecule has 0 saturated carbocycles. The van der Waals surface area contributed by atoms with Crippen molar-refractivity contribution >= 4 is 65.3 Å². The number of benzene rings is 2. The van der Waals surface area contributed by atoms with Gasteiger partial charge in [0, 0.05) is 44.9 Å². The lowest BCUT2D eigenvalue weighted by atomic mass is 10.1. The molecule has 2 fully saturated rings. The van der Waals surface area contributed by atoms with Crippen molar-refractivity contribution in [1.82, 2.24) is 19.8 Å². The molecule has 1 N–H and O–H groups in total. The number of likely N-dealkylation sites (N-methyl/N-ethyl adjacent to an activating group) is 1. The SMILES string of the molecule is CN1CCN(c2cc(OCCN3CCCC3)cc3ncnc(Nc4cccc5c4OCO5)c23)CC1.Cl.Cl.Cl. The van der Waals surface area contributed by atoms with E-state index in [1.54, 1.807) is 6.33 Å². The Balaban J connectivity index is 0.00000133. The van der Waals surface area contributed by atoms with Gasteiger partial charge in [-0.1, -0.05) is 6.07 Å². The number of nitrogens with one attached hydrogen (secondary N) is 1. The fourth-order valence-electron chi connectivity index (χ4n) is 5.07. The van der Waals surface area contributed by atoms with Crippen LogP contribution in [0.5, 0.6) is 17.2 Å². The molecule has 0 amide bonds. The van der Waals surface area contributed by atoms with Crippen molar-refractivity contribution in [2.75, 3.05) is 76.5 Å². The second-order valence-electron chi connectivity index (χ2n) is 9.41. The molecule has 1 aromatic heterocycles. The van der Waals surface area contributed by atoms with Gasteiger partial charge in [0.2, 0.25) is 6.79 Å². The Morgan fingerprint density at radius 1 is 0.947 bits per heavy atom. The zero-order valence-electron chi connectivity index (χ0n) is 21.4. The summed E-state index contributed by atoms with van der Waals surface area (Å²) in [4.78, 5) is 16.5. The van der Waals surface area contributed by atoms with Crippen LogP contribution in [0.25, 0.3) is 10.9 Å². The zero-order chi connectivity index (χ0) is 23.6. The second kappa shape index (κ2) is 13.6. The van der Waals surface area contributed by atoms with Crippen LogP contribution in [0, 0.1) is 0 Å². The molecule has 0 bridgehead atoms. The van der Waals surface area contributed by atoms with Crippen LogP contribution in [0.4, 0.5) is 17.2 Å². The highest BCUT2D eigenvalue weighted by molar-refractivity contribution is 6.02. The van der Waals surface area contributed by atoms with Gasteiger partial charge in [0.1, 0.15) is 24.5 Å². The molecule has 4 heterocycles. The van der Waals surface area contributed by atoms with Gasteiger partial charge in [-0.25, -0.2) is 9.97 Å². The summed E-state index contributed by atoms with van der Waals surface area (Å²) in [5.41, 5.74) is 2.79. The Labute approximate surface area is 242 Å². The molecular weight excluding hydrogens is 551 g/mol. The van der Waals surface area contributed by atoms with Gasteiger partial charge in [-0.3, -0.25) is 4.90 Å². The Kier molecular flexibility index (Phi) is 10.8. The van der Waals surface area contributed by atoms with Crippen molar-refractivity contribution in [2.45, 2.75) is 12.8 Å². The maximum Gasteiger partial charge on any atom is 0.231 e. The Morgan fingerprint density at radius 3 is 2.53 bits per heavy atom. The number of para-hydroxylation sites is 1. The average Bonchev–Trinajstić information content (AvgIpc) is 3.57. The molecule has 12 heteroatoms. The van der Waals surface area contributed by atoms with E-state index < -0.39 is 0 Å². The number of fused-ring (bicyclic) bond motifs is 2. The maximum absolute atomic E-state index is 6.25. The number of ether oxygens (including phenoxy) is 3. The summed E-state index contributed by atoms with van der Waals surface area (Å²) in [7, 11) is 2.17. The number of piperazine rings is 1. The molecule has 0 aliphatic carbocycles. The standard InChI is InChI=1S/C26H32N6O3.3ClH/c1-30-9-11-32(12-10-30)22-16-19(33-14-13-31-7-2-3-8-31)15-21-24(22)26(28-17-27-21)29-20-5-4-6-23-25(20)35-18-34-23;;;/h4-6,15-17H,2-3,7-14,18H2,1H3,(H,27,28,29);3*1H. The molecule has 3 aliphatic heterocycles. The molecular formula is C26H35Cl3N6O3. The van der Waals surface area contributed by atoms with Crippen LogP contribution in [0.1, 0.15) is 12.8 Å². The highest BCUT2D eigenvalue weighted by atomic mass is 35.5. The number of halogens is 3. The Morgan fingerprint density at radius 2 is 1.74 bits per heavy atom. The number of anilines is 3. The van der Waals surface area contributed by atoms with E-state index in [4.69, 9.17) is 14.2 Å². The molecule has 0 atom stereocenters. The Hall–Kier alpha value is -2.43. The fourth-order valence-corrected chi connectivity index (χ4v) is 5.07. The van der Waals surface area contributed by atoms with Crippen molar-refractivity contribution in [1.29, 1.82) is 0 Å². The van der Waals surface area contributed by atoms with Gasteiger partial charge in [-0.05, 0) is 45.1 Å².